The molecule has 4 rings (SSSR count). The Kier molecular flexibility index (Phi) is 5.61. The number of rotatable bonds is 6. The van der Waals surface area contributed by atoms with Crippen LogP contribution in [0.4, 0.5) is 5.69 Å². The number of nitrogens with zero attached hydrogens (tertiary/aromatic N) is 4. The Hall–Kier alpha value is -2.72. The molecule has 10 heteroatoms. The highest BCUT2D eigenvalue weighted by Gasteiger charge is 2.19. The molecule has 0 bridgehead atoms. The van der Waals surface area contributed by atoms with Crippen LogP contribution in [-0.4, -0.2) is 24.7 Å². The smallest absolute Gasteiger partial charge is 0.324 e. The lowest BCUT2D eigenvalue weighted by Gasteiger charge is -2.09. The Morgan fingerprint density at radius 1 is 1.27 bits per heavy atom. The fourth-order valence-corrected chi connectivity index (χ4v) is 4.45. The van der Waals surface area contributed by atoms with Crippen LogP contribution >= 0.6 is 27.3 Å². The molecule has 0 fully saturated rings. The van der Waals surface area contributed by atoms with E-state index in [1.54, 1.807) is 29.6 Å². The lowest BCUT2D eigenvalue weighted by molar-refractivity contribution is -0.117. The van der Waals surface area contributed by atoms with Crippen molar-refractivity contribution in [1.29, 1.82) is 0 Å². The van der Waals surface area contributed by atoms with Crippen LogP contribution in [-0.2, 0) is 17.9 Å². The average molecular weight is 490 g/mol. The van der Waals surface area contributed by atoms with Crippen molar-refractivity contribution in [1.82, 2.24) is 18.7 Å². The molecule has 0 atom stereocenters. The summed E-state index contributed by atoms with van der Waals surface area (Å²) in [6.07, 6.45) is 0.775. The SMILES string of the molecule is CC(C)CCn1c(=O)c2sccc2n2c(=O)n(CC(=O)Nc3cccc(Br)c3)nc12. The van der Waals surface area contributed by atoms with Gasteiger partial charge in [0.05, 0.1) is 5.52 Å². The van der Waals surface area contributed by atoms with Gasteiger partial charge in [0.15, 0.2) is 0 Å². The van der Waals surface area contributed by atoms with E-state index in [1.165, 1.54) is 20.3 Å². The van der Waals surface area contributed by atoms with Crippen LogP contribution in [0.25, 0.3) is 16.0 Å². The largest absolute Gasteiger partial charge is 0.352 e. The number of amides is 1. The second kappa shape index (κ2) is 8.19. The van der Waals surface area contributed by atoms with E-state index in [9.17, 15) is 14.4 Å². The Balaban J connectivity index is 1.75. The maximum Gasteiger partial charge on any atom is 0.352 e. The van der Waals surface area contributed by atoms with Crippen LogP contribution in [0, 0.1) is 5.92 Å². The third kappa shape index (κ3) is 3.84. The number of nitrogens with one attached hydrogen (secondary N) is 1. The van der Waals surface area contributed by atoms with E-state index >= 15 is 0 Å². The number of fused-ring (bicyclic) bond motifs is 3. The number of hydrogen-bond donors (Lipinski definition) is 1. The summed E-state index contributed by atoms with van der Waals surface area (Å²) >= 11 is 4.66. The van der Waals surface area contributed by atoms with E-state index in [1.807, 2.05) is 6.07 Å². The van der Waals surface area contributed by atoms with Gasteiger partial charge in [0.1, 0.15) is 11.2 Å². The number of aryl methyl sites for hydroxylation is 1. The molecule has 1 N–H and O–H groups in total. The van der Waals surface area contributed by atoms with Gasteiger partial charge in [-0.05, 0) is 42.0 Å². The summed E-state index contributed by atoms with van der Waals surface area (Å²) in [5.41, 5.74) is 0.518. The molecule has 30 heavy (non-hydrogen) atoms. The first-order chi connectivity index (χ1) is 14.3. The molecule has 0 saturated carbocycles. The molecule has 0 unspecified atom stereocenters. The van der Waals surface area contributed by atoms with Gasteiger partial charge in [-0.1, -0.05) is 35.8 Å². The second-order valence-corrected chi connectivity index (χ2v) is 9.24. The van der Waals surface area contributed by atoms with Gasteiger partial charge in [-0.2, -0.15) is 0 Å². The quantitative estimate of drug-likeness (QED) is 0.449. The molecule has 3 heterocycles. The van der Waals surface area contributed by atoms with Crippen molar-refractivity contribution < 1.29 is 4.79 Å². The van der Waals surface area contributed by atoms with Crippen LogP contribution in [0.1, 0.15) is 20.3 Å². The van der Waals surface area contributed by atoms with Crippen molar-refractivity contribution in [3.05, 3.63) is 61.0 Å². The number of benzene rings is 1. The van der Waals surface area contributed by atoms with Gasteiger partial charge in [-0.3, -0.25) is 14.2 Å². The highest BCUT2D eigenvalue weighted by atomic mass is 79.9. The third-order valence-electron chi connectivity index (χ3n) is 4.72. The predicted octanol–water partition coefficient (Wildman–Crippen LogP) is 3.32. The second-order valence-electron chi connectivity index (χ2n) is 7.41. The topological polar surface area (TPSA) is 90.4 Å². The van der Waals surface area contributed by atoms with Gasteiger partial charge < -0.3 is 5.32 Å². The van der Waals surface area contributed by atoms with E-state index in [0.717, 1.165) is 15.6 Å². The van der Waals surface area contributed by atoms with E-state index in [-0.39, 0.29) is 23.8 Å². The molecule has 8 nitrogen and oxygen atoms in total. The average Bonchev–Trinajstić information content (AvgIpc) is 3.27. The summed E-state index contributed by atoms with van der Waals surface area (Å²) in [6.45, 7) is 4.34. The van der Waals surface area contributed by atoms with Crippen molar-refractivity contribution in [3.63, 3.8) is 0 Å². The number of aromatic nitrogens is 4. The maximum atomic E-state index is 13.0. The first kappa shape index (κ1) is 20.5. The summed E-state index contributed by atoms with van der Waals surface area (Å²) in [5, 5.41) is 8.88. The molecule has 0 aliphatic carbocycles. The minimum atomic E-state index is -0.448. The number of anilines is 1. The molecule has 1 aromatic carbocycles. The van der Waals surface area contributed by atoms with E-state index in [0.29, 0.717) is 28.4 Å². The lowest BCUT2D eigenvalue weighted by atomic mass is 10.1. The third-order valence-corrected chi connectivity index (χ3v) is 6.11. The molecule has 156 valence electrons. The lowest BCUT2D eigenvalue weighted by Crippen LogP contribution is -2.29. The molecular formula is C20H20BrN5O3S. The van der Waals surface area contributed by atoms with Crippen LogP contribution in [0.15, 0.2) is 49.8 Å². The number of hydrogen-bond acceptors (Lipinski definition) is 5. The predicted molar refractivity (Wildman–Crippen MR) is 121 cm³/mol. The molecular weight excluding hydrogens is 470 g/mol. The Bertz CT molecular complexity index is 1360. The highest BCUT2D eigenvalue weighted by molar-refractivity contribution is 9.10. The van der Waals surface area contributed by atoms with Crippen LogP contribution in [0.2, 0.25) is 0 Å². The Labute approximate surface area is 183 Å². The van der Waals surface area contributed by atoms with Crippen molar-refractivity contribution in [2.75, 3.05) is 5.32 Å². The van der Waals surface area contributed by atoms with Gasteiger partial charge in [-0.25, -0.2) is 13.9 Å². The van der Waals surface area contributed by atoms with Crippen molar-refractivity contribution >= 4 is 54.9 Å². The zero-order valence-electron chi connectivity index (χ0n) is 16.5. The number of carbonyl (C=O) groups excluding carboxylic acids is 1. The van der Waals surface area contributed by atoms with Crippen molar-refractivity contribution in [2.24, 2.45) is 5.92 Å². The summed E-state index contributed by atoms with van der Waals surface area (Å²) in [7, 11) is 0. The van der Waals surface area contributed by atoms with Gasteiger partial charge >= 0.3 is 5.69 Å². The van der Waals surface area contributed by atoms with Crippen molar-refractivity contribution in [2.45, 2.75) is 33.4 Å². The summed E-state index contributed by atoms with van der Waals surface area (Å²) in [4.78, 5) is 38.5. The minimum Gasteiger partial charge on any atom is -0.324 e. The van der Waals surface area contributed by atoms with E-state index < -0.39 is 5.69 Å². The van der Waals surface area contributed by atoms with Gasteiger partial charge in [0.2, 0.25) is 11.7 Å². The zero-order chi connectivity index (χ0) is 21.4. The summed E-state index contributed by atoms with van der Waals surface area (Å²) < 4.78 is 5.39. The number of halogens is 1. The molecule has 0 aliphatic rings. The van der Waals surface area contributed by atoms with Crippen LogP contribution in [0.5, 0.6) is 0 Å². The standard InChI is InChI=1S/C20H20BrN5O3S/c1-12(2)6-8-24-18(28)17-15(7-9-30-17)26-19(24)23-25(20(26)29)11-16(27)22-14-5-3-4-13(21)10-14/h3-5,7,9-10,12H,6,8,11H2,1-2H3,(H,22,27). The molecule has 0 spiro atoms. The Morgan fingerprint density at radius 3 is 2.80 bits per heavy atom. The first-order valence-electron chi connectivity index (χ1n) is 9.50. The zero-order valence-corrected chi connectivity index (χ0v) is 18.9. The van der Waals surface area contributed by atoms with Gasteiger partial charge in [0, 0.05) is 16.7 Å². The molecule has 3 aromatic heterocycles. The fraction of sp³-hybridized carbons (Fsp3) is 0.300. The van der Waals surface area contributed by atoms with Crippen LogP contribution in [0.3, 0.4) is 0 Å². The minimum absolute atomic E-state index is 0.163. The van der Waals surface area contributed by atoms with E-state index in [2.05, 4.69) is 40.2 Å². The molecule has 4 aromatic rings. The normalized spacial score (nSPS) is 11.6. The molecule has 0 radical (unpaired) electrons. The molecule has 1 amide bonds. The van der Waals surface area contributed by atoms with Gasteiger partial charge in [0.25, 0.3) is 5.56 Å². The monoisotopic (exact) mass is 489 g/mol. The molecule has 0 aliphatic heterocycles. The first-order valence-corrected chi connectivity index (χ1v) is 11.2. The maximum absolute atomic E-state index is 13.0. The Morgan fingerprint density at radius 2 is 2.07 bits per heavy atom. The number of carbonyl (C=O) groups is 1. The van der Waals surface area contributed by atoms with E-state index in [4.69, 9.17) is 0 Å². The summed E-state index contributed by atoms with van der Waals surface area (Å²) in [6, 6.07) is 8.91. The number of thiophene rings is 1. The van der Waals surface area contributed by atoms with Gasteiger partial charge in [-0.15, -0.1) is 16.4 Å². The highest BCUT2D eigenvalue weighted by Crippen LogP contribution is 2.18. The molecule has 0 saturated heterocycles. The van der Waals surface area contributed by atoms with Crippen molar-refractivity contribution in [3.8, 4) is 0 Å². The fourth-order valence-electron chi connectivity index (χ4n) is 3.23. The van der Waals surface area contributed by atoms with Crippen LogP contribution < -0.4 is 16.6 Å². The summed E-state index contributed by atoms with van der Waals surface area (Å²) in [5.74, 6) is 0.267.